The van der Waals surface area contributed by atoms with Crippen LogP contribution in [0.3, 0.4) is 0 Å². The average Bonchev–Trinajstić information content (AvgIpc) is 2.78. The summed E-state index contributed by atoms with van der Waals surface area (Å²) in [6.07, 6.45) is 0.291. The molecule has 0 aliphatic heterocycles. The molecule has 0 aliphatic carbocycles. The van der Waals surface area contributed by atoms with Gasteiger partial charge in [0.25, 0.3) is 0 Å². The number of rotatable bonds is 10. The first-order valence-corrected chi connectivity index (χ1v) is 11.4. The predicted molar refractivity (Wildman–Crippen MR) is 118 cm³/mol. The van der Waals surface area contributed by atoms with Crippen molar-refractivity contribution in [1.29, 1.82) is 0 Å². The molecule has 3 rings (SSSR count). The molecule has 6 nitrogen and oxygen atoms in total. The Morgan fingerprint density at radius 1 is 0.767 bits per heavy atom. The minimum absolute atomic E-state index is 0.214. The topological polar surface area (TPSA) is 90.5 Å². The first-order chi connectivity index (χ1) is 14.5. The van der Waals surface area contributed by atoms with E-state index in [1.165, 1.54) is 0 Å². The Kier molecular flexibility index (Phi) is 7.94. The maximum atomic E-state index is 12.8. The molecule has 156 valence electrons. The molecule has 3 aromatic rings. The largest absolute Gasteiger partial charge is 0.351 e. The summed E-state index contributed by atoms with van der Waals surface area (Å²) in [6, 6.07) is 27.4. The Morgan fingerprint density at radius 3 is 1.77 bits per heavy atom. The lowest BCUT2D eigenvalue weighted by Gasteiger charge is -2.22. The minimum Gasteiger partial charge on any atom is -0.351 e. The van der Waals surface area contributed by atoms with Crippen molar-refractivity contribution in [2.24, 2.45) is 0 Å². The minimum atomic E-state index is -3.96. The van der Waals surface area contributed by atoms with Gasteiger partial charge in [-0.05, 0) is 23.1 Å². The molecule has 7 heteroatoms. The molecule has 4 N–H and O–H groups in total. The van der Waals surface area contributed by atoms with E-state index in [4.69, 9.17) is 0 Å². The summed E-state index contributed by atoms with van der Waals surface area (Å²) < 4.78 is 12.7. The predicted octanol–water partition coefficient (Wildman–Crippen LogP) is 3.39. The van der Waals surface area contributed by atoms with E-state index in [2.05, 4.69) is 15.5 Å². The third kappa shape index (κ3) is 7.25. The molecule has 1 unspecified atom stereocenters. The van der Waals surface area contributed by atoms with Crippen LogP contribution >= 0.6 is 7.67 Å². The van der Waals surface area contributed by atoms with E-state index in [0.717, 1.165) is 16.7 Å². The Bertz CT molecular complexity index is 969. The van der Waals surface area contributed by atoms with Crippen LogP contribution in [0.4, 0.5) is 0 Å². The van der Waals surface area contributed by atoms with Crippen molar-refractivity contribution in [2.45, 2.75) is 25.6 Å². The highest BCUT2D eigenvalue weighted by atomic mass is 31.2. The normalized spacial score (nSPS) is 13.9. The number of hydrogen-bond donors (Lipinski definition) is 4. The van der Waals surface area contributed by atoms with Crippen molar-refractivity contribution in [3.05, 3.63) is 108 Å². The molecule has 0 radical (unpaired) electrons. The molecule has 2 atom stereocenters. The summed E-state index contributed by atoms with van der Waals surface area (Å²) in [5, 5.41) is 8.13. The van der Waals surface area contributed by atoms with Crippen LogP contribution in [0.2, 0.25) is 0 Å². The fourth-order valence-corrected chi connectivity index (χ4v) is 4.13. The van der Waals surface area contributed by atoms with Gasteiger partial charge in [0.2, 0.25) is 5.91 Å². The molecule has 0 spiro atoms. The van der Waals surface area contributed by atoms with E-state index >= 15 is 0 Å². The molecule has 30 heavy (non-hydrogen) atoms. The van der Waals surface area contributed by atoms with E-state index < -0.39 is 13.7 Å². The highest BCUT2D eigenvalue weighted by molar-refractivity contribution is 7.53. The van der Waals surface area contributed by atoms with Gasteiger partial charge >= 0.3 is 7.67 Å². The van der Waals surface area contributed by atoms with Gasteiger partial charge in [0.1, 0.15) is 0 Å². The molecular weight excluding hydrogens is 397 g/mol. The molecule has 0 fully saturated rings. The molecular formula is C23H26N3O3P. The van der Waals surface area contributed by atoms with Crippen LogP contribution in [0.1, 0.15) is 16.7 Å². The summed E-state index contributed by atoms with van der Waals surface area (Å²) >= 11 is 0. The van der Waals surface area contributed by atoms with Gasteiger partial charge in [0, 0.05) is 13.1 Å². The van der Waals surface area contributed by atoms with Gasteiger partial charge in [-0.3, -0.25) is 9.36 Å². The standard InChI is InChI=1S/C23H26N3O3P/c27-23(24-17-20-12-6-2-7-13-20)22(16-19-10-4-1-5-11-19)26-30(28,29)25-18-21-14-8-3-9-15-21/h1-15,22H,16-18H2,(H,24,27)(H3,25,26,28,29)/t22-/m0/s1. The van der Waals surface area contributed by atoms with Crippen molar-refractivity contribution >= 4 is 13.6 Å². The molecule has 0 aliphatic rings. The van der Waals surface area contributed by atoms with Crippen LogP contribution in [0.5, 0.6) is 0 Å². The highest BCUT2D eigenvalue weighted by Gasteiger charge is 2.28. The molecule has 0 saturated heterocycles. The van der Waals surface area contributed by atoms with E-state index in [1.54, 1.807) is 0 Å². The Labute approximate surface area is 176 Å². The third-order valence-electron chi connectivity index (χ3n) is 4.58. The fraction of sp³-hybridized carbons (Fsp3) is 0.174. The molecule has 3 aromatic carbocycles. The van der Waals surface area contributed by atoms with Crippen molar-refractivity contribution in [3.63, 3.8) is 0 Å². The lowest BCUT2D eigenvalue weighted by Crippen LogP contribution is -2.45. The quantitative estimate of drug-likeness (QED) is 0.375. The van der Waals surface area contributed by atoms with Gasteiger partial charge in [-0.1, -0.05) is 91.0 Å². The highest BCUT2D eigenvalue weighted by Crippen LogP contribution is 2.31. The van der Waals surface area contributed by atoms with E-state index in [1.807, 2.05) is 91.0 Å². The van der Waals surface area contributed by atoms with Crippen LogP contribution in [0.25, 0.3) is 0 Å². The van der Waals surface area contributed by atoms with Gasteiger partial charge in [-0.15, -0.1) is 0 Å². The number of carbonyl (C=O) groups excluding carboxylic acids is 1. The van der Waals surface area contributed by atoms with Gasteiger partial charge in [0.15, 0.2) is 0 Å². The number of carbonyl (C=O) groups is 1. The molecule has 0 saturated carbocycles. The first kappa shape index (κ1) is 21.9. The van der Waals surface area contributed by atoms with Crippen LogP contribution in [-0.2, 0) is 28.9 Å². The molecule has 0 bridgehead atoms. The summed E-state index contributed by atoms with van der Waals surface area (Å²) in [5.41, 5.74) is 2.73. The summed E-state index contributed by atoms with van der Waals surface area (Å²) in [7, 11) is -3.96. The Morgan fingerprint density at radius 2 is 1.23 bits per heavy atom. The number of nitrogens with one attached hydrogen (secondary N) is 3. The van der Waals surface area contributed by atoms with E-state index in [0.29, 0.717) is 13.0 Å². The lowest BCUT2D eigenvalue weighted by atomic mass is 10.1. The van der Waals surface area contributed by atoms with Gasteiger partial charge < -0.3 is 10.2 Å². The number of hydrogen-bond acceptors (Lipinski definition) is 2. The summed E-state index contributed by atoms with van der Waals surface area (Å²) in [5.74, 6) is -0.335. The Hall–Kier alpha value is -2.76. The molecule has 1 amide bonds. The SMILES string of the molecule is O=C(NCc1ccccc1)[C@H](Cc1ccccc1)NP(=O)(O)NCc1ccccc1. The number of amides is 1. The second-order valence-corrected chi connectivity index (χ2v) is 8.70. The van der Waals surface area contributed by atoms with Gasteiger partial charge in [0.05, 0.1) is 6.04 Å². The van der Waals surface area contributed by atoms with Crippen LogP contribution in [0, 0.1) is 0 Å². The maximum absolute atomic E-state index is 12.8. The monoisotopic (exact) mass is 423 g/mol. The third-order valence-corrected chi connectivity index (χ3v) is 5.83. The van der Waals surface area contributed by atoms with E-state index in [9.17, 15) is 14.3 Å². The zero-order valence-electron chi connectivity index (χ0n) is 16.6. The Balaban J connectivity index is 1.66. The van der Waals surface area contributed by atoms with Gasteiger partial charge in [-0.25, -0.2) is 10.2 Å². The second kappa shape index (κ2) is 10.9. The zero-order valence-corrected chi connectivity index (χ0v) is 17.5. The van der Waals surface area contributed by atoms with Crippen molar-refractivity contribution in [3.8, 4) is 0 Å². The van der Waals surface area contributed by atoms with Crippen molar-refractivity contribution in [1.82, 2.24) is 15.5 Å². The van der Waals surface area contributed by atoms with Crippen molar-refractivity contribution < 1.29 is 14.3 Å². The van der Waals surface area contributed by atoms with Crippen LogP contribution in [0.15, 0.2) is 91.0 Å². The zero-order chi connectivity index (χ0) is 21.2. The van der Waals surface area contributed by atoms with Crippen molar-refractivity contribution in [2.75, 3.05) is 0 Å². The lowest BCUT2D eigenvalue weighted by molar-refractivity contribution is -0.122. The smallest absolute Gasteiger partial charge is 0.339 e. The summed E-state index contributed by atoms with van der Waals surface area (Å²) in [4.78, 5) is 23.3. The van der Waals surface area contributed by atoms with E-state index in [-0.39, 0.29) is 12.5 Å². The molecule has 0 heterocycles. The fourth-order valence-electron chi connectivity index (χ4n) is 3.01. The average molecular weight is 423 g/mol. The second-order valence-electron chi connectivity index (χ2n) is 6.97. The summed E-state index contributed by atoms with van der Waals surface area (Å²) in [6.45, 7) is 0.561. The van der Waals surface area contributed by atoms with Gasteiger partial charge in [-0.2, -0.15) is 0 Å². The maximum Gasteiger partial charge on any atom is 0.339 e. The van der Waals surface area contributed by atoms with Crippen LogP contribution in [-0.4, -0.2) is 16.8 Å². The number of benzene rings is 3. The first-order valence-electron chi connectivity index (χ1n) is 9.77. The van der Waals surface area contributed by atoms with Crippen LogP contribution < -0.4 is 15.5 Å². The molecule has 0 aromatic heterocycles.